The number of halogens is 1. The normalized spacial score (nSPS) is 10.1. The molecule has 0 bridgehead atoms. The fraction of sp³-hybridized carbons (Fsp3) is 0.0769. The van der Waals surface area contributed by atoms with Crippen LogP contribution in [-0.2, 0) is 0 Å². The summed E-state index contributed by atoms with van der Waals surface area (Å²) in [6.07, 6.45) is 0. The van der Waals surface area contributed by atoms with Crippen LogP contribution in [-0.4, -0.2) is 0 Å². The fourth-order valence-electron chi connectivity index (χ4n) is 1.34. The Bertz CT molecular complexity index is 429. The van der Waals surface area contributed by atoms with Gasteiger partial charge < -0.3 is 0 Å². The lowest BCUT2D eigenvalue weighted by Crippen LogP contribution is -1.80. The molecule has 69 valence electrons. The Hall–Kier alpha value is -1.63. The number of hydrogen-bond acceptors (Lipinski definition) is 0. The van der Waals surface area contributed by atoms with E-state index in [1.54, 1.807) is 6.07 Å². The first-order valence-electron chi connectivity index (χ1n) is 4.50. The Labute approximate surface area is 83.0 Å². The summed E-state index contributed by atoms with van der Waals surface area (Å²) in [5, 5.41) is 0. The highest BCUT2D eigenvalue weighted by atomic mass is 19.1. The third-order valence-corrected chi connectivity index (χ3v) is 2.13. The number of hydrogen-bond donors (Lipinski definition) is 0. The second-order valence-electron chi connectivity index (χ2n) is 3.29. The van der Waals surface area contributed by atoms with Gasteiger partial charge in [-0.2, -0.15) is 0 Å². The van der Waals surface area contributed by atoms with Gasteiger partial charge in [0.25, 0.3) is 0 Å². The average Bonchev–Trinajstić information content (AvgIpc) is 2.19. The van der Waals surface area contributed by atoms with E-state index in [-0.39, 0.29) is 5.82 Å². The molecule has 2 aromatic carbocycles. The van der Waals surface area contributed by atoms with Crippen LogP contribution >= 0.6 is 0 Å². The maximum Gasteiger partial charge on any atom is 0.123 e. The van der Waals surface area contributed by atoms with Gasteiger partial charge in [0.15, 0.2) is 0 Å². The highest BCUT2D eigenvalue weighted by molar-refractivity contribution is 5.62. The lowest BCUT2D eigenvalue weighted by atomic mass is 10.0. The minimum Gasteiger partial charge on any atom is -0.207 e. The fourth-order valence-corrected chi connectivity index (χ4v) is 1.34. The van der Waals surface area contributed by atoms with Crippen LogP contribution in [0.2, 0.25) is 0 Å². The van der Waals surface area contributed by atoms with Crippen LogP contribution in [0.5, 0.6) is 0 Å². The molecule has 14 heavy (non-hydrogen) atoms. The van der Waals surface area contributed by atoms with Crippen molar-refractivity contribution in [1.82, 2.24) is 0 Å². The molecule has 0 aromatic heterocycles. The van der Waals surface area contributed by atoms with Gasteiger partial charge in [0.1, 0.15) is 5.82 Å². The van der Waals surface area contributed by atoms with Crippen molar-refractivity contribution >= 4 is 0 Å². The topological polar surface area (TPSA) is 0 Å². The summed E-state index contributed by atoms with van der Waals surface area (Å²) in [6.45, 7) is 2.03. The molecule has 0 saturated heterocycles. The van der Waals surface area contributed by atoms with Gasteiger partial charge in [-0.25, -0.2) is 4.39 Å². The van der Waals surface area contributed by atoms with E-state index >= 15 is 0 Å². The highest BCUT2D eigenvalue weighted by Gasteiger charge is 1.98. The summed E-state index contributed by atoms with van der Waals surface area (Å²) in [5.41, 5.74) is 2.99. The van der Waals surface area contributed by atoms with Crippen LogP contribution in [0.15, 0.2) is 42.5 Å². The van der Waals surface area contributed by atoms with E-state index in [2.05, 4.69) is 6.07 Å². The van der Waals surface area contributed by atoms with Crippen LogP contribution in [0.4, 0.5) is 4.39 Å². The number of aryl methyl sites for hydroxylation is 1. The van der Waals surface area contributed by atoms with Gasteiger partial charge in [0.05, 0.1) is 0 Å². The van der Waals surface area contributed by atoms with Crippen LogP contribution in [0.3, 0.4) is 0 Å². The van der Waals surface area contributed by atoms with Crippen molar-refractivity contribution in [3.63, 3.8) is 0 Å². The first kappa shape index (κ1) is 8.95. The Kier molecular flexibility index (Phi) is 2.32. The summed E-state index contributed by atoms with van der Waals surface area (Å²) in [4.78, 5) is 0. The van der Waals surface area contributed by atoms with Gasteiger partial charge >= 0.3 is 0 Å². The molecular weight excluding hydrogens is 175 g/mol. The third kappa shape index (κ3) is 1.82. The van der Waals surface area contributed by atoms with Crippen molar-refractivity contribution in [2.45, 2.75) is 6.92 Å². The van der Waals surface area contributed by atoms with E-state index in [1.807, 2.05) is 31.2 Å². The maximum absolute atomic E-state index is 12.9. The zero-order valence-electron chi connectivity index (χ0n) is 7.92. The molecule has 2 aromatic rings. The minimum absolute atomic E-state index is 0.223. The highest BCUT2D eigenvalue weighted by Crippen LogP contribution is 2.19. The van der Waals surface area contributed by atoms with E-state index in [1.165, 1.54) is 17.7 Å². The Morgan fingerprint density at radius 3 is 2.43 bits per heavy atom. The second kappa shape index (κ2) is 3.62. The van der Waals surface area contributed by atoms with Gasteiger partial charge in [0.2, 0.25) is 0 Å². The zero-order chi connectivity index (χ0) is 9.97. The van der Waals surface area contributed by atoms with Gasteiger partial charge in [0, 0.05) is 0 Å². The van der Waals surface area contributed by atoms with Crippen molar-refractivity contribution in [2.75, 3.05) is 0 Å². The van der Waals surface area contributed by atoms with Crippen LogP contribution in [0.25, 0.3) is 11.1 Å². The smallest absolute Gasteiger partial charge is 0.123 e. The molecule has 0 amide bonds. The van der Waals surface area contributed by atoms with Crippen molar-refractivity contribution in [3.8, 4) is 11.1 Å². The Morgan fingerprint density at radius 2 is 1.79 bits per heavy atom. The van der Waals surface area contributed by atoms with Gasteiger partial charge in [-0.15, -0.1) is 0 Å². The summed E-state index contributed by atoms with van der Waals surface area (Å²) >= 11 is 0. The average molecular weight is 185 g/mol. The van der Waals surface area contributed by atoms with Gasteiger partial charge in [-0.1, -0.05) is 35.9 Å². The standard InChI is InChI=1S/C13H10F/c1-10-5-7-11(8-6-10)12-3-2-4-13(14)9-12/h2,4-9H,1H3. The largest absolute Gasteiger partial charge is 0.207 e. The molecule has 0 aliphatic heterocycles. The van der Waals surface area contributed by atoms with E-state index in [0.29, 0.717) is 0 Å². The third-order valence-electron chi connectivity index (χ3n) is 2.13. The number of benzene rings is 2. The van der Waals surface area contributed by atoms with Gasteiger partial charge in [-0.05, 0) is 36.2 Å². The van der Waals surface area contributed by atoms with E-state index in [4.69, 9.17) is 0 Å². The quantitative estimate of drug-likeness (QED) is 0.636. The minimum atomic E-state index is -0.223. The molecule has 0 unspecified atom stereocenters. The molecule has 0 saturated carbocycles. The first-order valence-corrected chi connectivity index (χ1v) is 4.50. The first-order chi connectivity index (χ1) is 6.75. The van der Waals surface area contributed by atoms with Crippen molar-refractivity contribution < 1.29 is 4.39 Å². The molecule has 0 N–H and O–H groups in total. The summed E-state index contributed by atoms with van der Waals surface area (Å²) < 4.78 is 12.9. The molecule has 2 rings (SSSR count). The lowest BCUT2D eigenvalue weighted by molar-refractivity contribution is 0.628. The summed E-state index contributed by atoms with van der Waals surface area (Å²) in [6, 6.07) is 15.5. The molecule has 1 radical (unpaired) electrons. The second-order valence-corrected chi connectivity index (χ2v) is 3.29. The predicted molar refractivity (Wildman–Crippen MR) is 55.4 cm³/mol. The molecule has 1 heteroatoms. The maximum atomic E-state index is 12.9. The van der Waals surface area contributed by atoms with Crippen molar-refractivity contribution in [3.05, 3.63) is 59.9 Å². The molecule has 0 spiro atoms. The predicted octanol–water partition coefficient (Wildman–Crippen LogP) is 3.60. The Balaban J connectivity index is 2.44. The van der Waals surface area contributed by atoms with E-state index < -0.39 is 0 Å². The van der Waals surface area contributed by atoms with Crippen LogP contribution < -0.4 is 0 Å². The summed E-state index contributed by atoms with van der Waals surface area (Å²) in [5.74, 6) is -0.223. The van der Waals surface area contributed by atoms with Gasteiger partial charge in [-0.3, -0.25) is 0 Å². The molecule has 0 heterocycles. The molecular formula is C13H10F. The molecule has 0 aliphatic rings. The van der Waals surface area contributed by atoms with E-state index in [0.717, 1.165) is 11.1 Å². The van der Waals surface area contributed by atoms with Crippen LogP contribution in [0, 0.1) is 18.8 Å². The van der Waals surface area contributed by atoms with E-state index in [9.17, 15) is 4.39 Å². The van der Waals surface area contributed by atoms with Crippen molar-refractivity contribution in [2.24, 2.45) is 0 Å². The molecule has 0 fully saturated rings. The number of rotatable bonds is 1. The lowest BCUT2D eigenvalue weighted by Gasteiger charge is -2.01. The summed E-state index contributed by atoms with van der Waals surface area (Å²) in [7, 11) is 0. The molecule has 0 atom stereocenters. The molecule has 0 aliphatic carbocycles. The monoisotopic (exact) mass is 185 g/mol. The van der Waals surface area contributed by atoms with Crippen LogP contribution in [0.1, 0.15) is 5.56 Å². The molecule has 0 nitrogen and oxygen atoms in total. The SMILES string of the molecule is Cc1ccc(-c2[c]ccc(F)c2)cc1. The zero-order valence-corrected chi connectivity index (χ0v) is 7.92. The van der Waals surface area contributed by atoms with Crippen molar-refractivity contribution in [1.29, 1.82) is 0 Å². The Morgan fingerprint density at radius 1 is 1.07 bits per heavy atom.